The second-order valence-electron chi connectivity index (χ2n) is 6.55. The van der Waals surface area contributed by atoms with E-state index < -0.39 is 0 Å². The summed E-state index contributed by atoms with van der Waals surface area (Å²) in [5.74, 6) is 1.34. The Kier molecular flexibility index (Phi) is 5.16. The lowest BCUT2D eigenvalue weighted by Crippen LogP contribution is -2.39. The molecule has 6 nitrogen and oxygen atoms in total. The maximum absolute atomic E-state index is 12.8. The van der Waals surface area contributed by atoms with E-state index in [0.717, 1.165) is 30.6 Å². The van der Waals surface area contributed by atoms with E-state index in [1.807, 2.05) is 24.3 Å². The normalized spacial score (nSPS) is 17.1. The van der Waals surface area contributed by atoms with E-state index >= 15 is 0 Å². The molecule has 0 unspecified atom stereocenters. The van der Waals surface area contributed by atoms with Crippen molar-refractivity contribution in [3.63, 3.8) is 0 Å². The number of benzene rings is 1. The van der Waals surface area contributed by atoms with E-state index in [1.54, 1.807) is 29.6 Å². The van der Waals surface area contributed by atoms with E-state index in [2.05, 4.69) is 15.0 Å². The second-order valence-corrected chi connectivity index (χ2v) is 6.99. The monoisotopic (exact) mass is 382 g/mol. The fraction of sp³-hybridized carbons (Fsp3) is 0.300. The third-order valence-electron chi connectivity index (χ3n) is 4.64. The van der Waals surface area contributed by atoms with Crippen LogP contribution in [-0.2, 0) is 6.42 Å². The molecule has 3 aromatic rings. The first kappa shape index (κ1) is 17.7. The van der Waals surface area contributed by atoms with Crippen molar-refractivity contribution in [3.05, 3.63) is 77.0 Å². The van der Waals surface area contributed by atoms with Gasteiger partial charge in [-0.1, -0.05) is 23.7 Å². The van der Waals surface area contributed by atoms with Gasteiger partial charge < -0.3 is 9.32 Å². The number of rotatable bonds is 4. The maximum Gasteiger partial charge on any atom is 0.292 e. The fourth-order valence-electron chi connectivity index (χ4n) is 3.38. The van der Waals surface area contributed by atoms with Crippen LogP contribution in [0, 0.1) is 0 Å². The zero-order valence-corrected chi connectivity index (χ0v) is 15.5. The third kappa shape index (κ3) is 4.01. The smallest absolute Gasteiger partial charge is 0.292 e. The highest BCUT2D eigenvalue weighted by atomic mass is 35.5. The standard InChI is InChI=1S/C20H19ClN4O2/c21-15-6-3-5-14(11-15)12-16-13-24-19(27-16)17-7-1-2-10-25(17)20(26)18-22-8-4-9-23-18/h3-6,8-9,11,13,17H,1-2,7,10,12H2/t17-/m1/s1. The maximum atomic E-state index is 12.8. The second kappa shape index (κ2) is 7.88. The Morgan fingerprint density at radius 3 is 2.85 bits per heavy atom. The highest BCUT2D eigenvalue weighted by Gasteiger charge is 2.33. The highest BCUT2D eigenvalue weighted by Crippen LogP contribution is 2.31. The van der Waals surface area contributed by atoms with Crippen molar-refractivity contribution in [3.8, 4) is 0 Å². The Morgan fingerprint density at radius 2 is 2.04 bits per heavy atom. The third-order valence-corrected chi connectivity index (χ3v) is 4.88. The SMILES string of the molecule is O=C(c1ncccn1)N1CCCC[C@@H]1c1ncc(Cc2cccc(Cl)c2)o1. The van der Waals surface area contributed by atoms with Crippen molar-refractivity contribution in [2.24, 2.45) is 0 Å². The summed E-state index contributed by atoms with van der Waals surface area (Å²) in [5.41, 5.74) is 1.06. The van der Waals surface area contributed by atoms with E-state index in [1.165, 1.54) is 0 Å². The van der Waals surface area contributed by atoms with E-state index in [4.69, 9.17) is 16.0 Å². The molecule has 1 atom stereocenters. The molecule has 7 heteroatoms. The molecular weight excluding hydrogens is 364 g/mol. The predicted molar refractivity (Wildman–Crippen MR) is 100 cm³/mol. The van der Waals surface area contributed by atoms with Crippen molar-refractivity contribution in [1.82, 2.24) is 19.9 Å². The molecule has 0 bridgehead atoms. The van der Waals surface area contributed by atoms with Crippen LogP contribution in [0.1, 0.15) is 53.1 Å². The number of halogens is 1. The largest absolute Gasteiger partial charge is 0.443 e. The fourth-order valence-corrected chi connectivity index (χ4v) is 3.59. The van der Waals surface area contributed by atoms with Crippen LogP contribution < -0.4 is 0 Å². The number of likely N-dealkylation sites (tertiary alicyclic amines) is 1. The van der Waals surface area contributed by atoms with Gasteiger partial charge in [-0.3, -0.25) is 4.79 Å². The van der Waals surface area contributed by atoms with Gasteiger partial charge in [0.1, 0.15) is 11.8 Å². The van der Waals surface area contributed by atoms with Crippen molar-refractivity contribution >= 4 is 17.5 Å². The van der Waals surface area contributed by atoms with Crippen LogP contribution in [0.5, 0.6) is 0 Å². The summed E-state index contributed by atoms with van der Waals surface area (Å²) in [5, 5.41) is 0.694. The van der Waals surface area contributed by atoms with Crippen LogP contribution in [0.15, 0.2) is 53.3 Å². The first-order valence-corrected chi connectivity index (χ1v) is 9.35. The lowest BCUT2D eigenvalue weighted by molar-refractivity contribution is 0.0557. The number of carbonyl (C=O) groups excluding carboxylic acids is 1. The zero-order chi connectivity index (χ0) is 18.6. The molecule has 27 heavy (non-hydrogen) atoms. The average Bonchev–Trinajstić information content (AvgIpc) is 3.16. The molecular formula is C20H19ClN4O2. The van der Waals surface area contributed by atoms with Gasteiger partial charge in [0.05, 0.1) is 6.20 Å². The Hall–Kier alpha value is -2.73. The molecule has 1 fully saturated rings. The summed E-state index contributed by atoms with van der Waals surface area (Å²) in [6.45, 7) is 0.647. The van der Waals surface area contributed by atoms with Gasteiger partial charge in [-0.2, -0.15) is 0 Å². The number of hydrogen-bond acceptors (Lipinski definition) is 5. The van der Waals surface area contributed by atoms with E-state index in [0.29, 0.717) is 23.9 Å². The van der Waals surface area contributed by atoms with Gasteiger partial charge in [-0.15, -0.1) is 0 Å². The molecule has 0 radical (unpaired) electrons. The molecule has 0 N–H and O–H groups in total. The molecule has 1 aliphatic rings. The van der Waals surface area contributed by atoms with Crippen LogP contribution in [0.25, 0.3) is 0 Å². The first-order valence-electron chi connectivity index (χ1n) is 8.98. The van der Waals surface area contributed by atoms with Gasteiger partial charge in [0.25, 0.3) is 5.91 Å². The van der Waals surface area contributed by atoms with Gasteiger partial charge in [0.2, 0.25) is 11.7 Å². The Morgan fingerprint density at radius 1 is 1.19 bits per heavy atom. The minimum atomic E-state index is -0.192. The quantitative estimate of drug-likeness (QED) is 0.679. The Labute approximate surface area is 162 Å². The molecule has 1 saturated heterocycles. The van der Waals surface area contributed by atoms with Crippen molar-refractivity contribution in [2.45, 2.75) is 31.7 Å². The van der Waals surface area contributed by atoms with Gasteiger partial charge in [0, 0.05) is 30.4 Å². The van der Waals surface area contributed by atoms with Gasteiger partial charge in [-0.25, -0.2) is 15.0 Å². The molecule has 1 aliphatic heterocycles. The summed E-state index contributed by atoms with van der Waals surface area (Å²) in [6.07, 6.45) is 8.28. The number of nitrogens with zero attached hydrogens (tertiary/aromatic N) is 4. The number of hydrogen-bond donors (Lipinski definition) is 0. The minimum absolute atomic E-state index is 0.185. The van der Waals surface area contributed by atoms with E-state index in [9.17, 15) is 4.79 Å². The lowest BCUT2D eigenvalue weighted by atomic mass is 10.0. The number of carbonyl (C=O) groups is 1. The first-order chi connectivity index (χ1) is 13.2. The molecule has 2 aromatic heterocycles. The van der Waals surface area contributed by atoms with E-state index in [-0.39, 0.29) is 17.8 Å². The molecule has 0 saturated carbocycles. The van der Waals surface area contributed by atoms with Crippen LogP contribution >= 0.6 is 11.6 Å². The Bertz CT molecular complexity index is 928. The predicted octanol–water partition coefficient (Wildman–Crippen LogP) is 4.08. The van der Waals surface area contributed by atoms with Crippen molar-refractivity contribution in [2.75, 3.05) is 6.54 Å². The number of oxazole rings is 1. The summed E-state index contributed by atoms with van der Waals surface area (Å²) in [6, 6.07) is 9.16. The molecule has 0 spiro atoms. The van der Waals surface area contributed by atoms with Gasteiger partial charge in [-0.05, 0) is 43.0 Å². The van der Waals surface area contributed by atoms with Crippen molar-refractivity contribution < 1.29 is 9.21 Å². The van der Waals surface area contributed by atoms with Crippen LogP contribution in [0.2, 0.25) is 5.02 Å². The molecule has 0 aliphatic carbocycles. The van der Waals surface area contributed by atoms with Crippen LogP contribution in [0.4, 0.5) is 0 Å². The van der Waals surface area contributed by atoms with Gasteiger partial charge in [0.15, 0.2) is 0 Å². The summed E-state index contributed by atoms with van der Waals surface area (Å²) >= 11 is 6.05. The molecule has 4 rings (SSSR count). The summed E-state index contributed by atoms with van der Waals surface area (Å²) in [7, 11) is 0. The van der Waals surface area contributed by atoms with Crippen molar-refractivity contribution in [1.29, 1.82) is 0 Å². The minimum Gasteiger partial charge on any atom is -0.443 e. The number of amides is 1. The highest BCUT2D eigenvalue weighted by molar-refractivity contribution is 6.30. The van der Waals surface area contributed by atoms with Crippen LogP contribution in [-0.4, -0.2) is 32.3 Å². The topological polar surface area (TPSA) is 72.1 Å². The molecule has 138 valence electrons. The Balaban J connectivity index is 1.54. The van der Waals surface area contributed by atoms with Crippen LogP contribution in [0.3, 0.4) is 0 Å². The summed E-state index contributed by atoms with van der Waals surface area (Å²) in [4.78, 5) is 27.2. The number of piperidine rings is 1. The van der Waals surface area contributed by atoms with Gasteiger partial charge >= 0.3 is 0 Å². The zero-order valence-electron chi connectivity index (χ0n) is 14.7. The summed E-state index contributed by atoms with van der Waals surface area (Å²) < 4.78 is 5.99. The average molecular weight is 383 g/mol. The molecule has 3 heterocycles. The lowest BCUT2D eigenvalue weighted by Gasteiger charge is -2.33. The molecule has 1 aromatic carbocycles. The molecule has 1 amide bonds. The number of aromatic nitrogens is 3.